The first-order chi connectivity index (χ1) is 6.24. The number of hydrogen-bond donors (Lipinski definition) is 3. The van der Waals surface area contributed by atoms with E-state index >= 15 is 0 Å². The Hall–Kier alpha value is -0.160. The lowest BCUT2D eigenvalue weighted by molar-refractivity contribution is 0.0572. The highest BCUT2D eigenvalue weighted by atomic mass is 16.3. The number of hydrogen-bond acceptors (Lipinski definition) is 4. The third kappa shape index (κ3) is 3.60. The maximum atomic E-state index is 9.26. The summed E-state index contributed by atoms with van der Waals surface area (Å²) in [4.78, 5) is 2.10. The molecule has 0 aromatic carbocycles. The van der Waals surface area contributed by atoms with Crippen LogP contribution in [0.1, 0.15) is 19.3 Å². The molecule has 0 saturated carbocycles. The van der Waals surface area contributed by atoms with E-state index < -0.39 is 12.2 Å². The Bertz CT molecular complexity index is 134. The molecular weight excluding hydrogens is 168 g/mol. The van der Waals surface area contributed by atoms with Crippen LogP contribution in [0.25, 0.3) is 0 Å². The molecule has 0 aromatic heterocycles. The number of aliphatic hydroxyl groups excluding tert-OH is 2. The van der Waals surface area contributed by atoms with Crippen molar-refractivity contribution in [2.75, 3.05) is 26.2 Å². The molecule has 13 heavy (non-hydrogen) atoms. The fourth-order valence-corrected chi connectivity index (χ4v) is 1.69. The van der Waals surface area contributed by atoms with Crippen molar-refractivity contribution in [3.63, 3.8) is 0 Å². The van der Waals surface area contributed by atoms with Crippen LogP contribution in [0.5, 0.6) is 0 Å². The number of aliphatic hydroxyl groups is 2. The van der Waals surface area contributed by atoms with Crippen molar-refractivity contribution in [1.82, 2.24) is 4.90 Å². The molecule has 0 radical (unpaired) electrons. The van der Waals surface area contributed by atoms with E-state index in [0.29, 0.717) is 13.1 Å². The lowest BCUT2D eigenvalue weighted by Crippen LogP contribution is -2.23. The standard InChI is InChI=1S/C9H20N2O2/c10-4-2-1-3-5-11-6-8(12)9(13)7-11/h8-9,12-13H,1-7,10H2. The van der Waals surface area contributed by atoms with Crippen LogP contribution in [0.15, 0.2) is 0 Å². The fraction of sp³-hybridized carbons (Fsp3) is 1.00. The van der Waals surface area contributed by atoms with Gasteiger partial charge in [-0.05, 0) is 25.9 Å². The van der Waals surface area contributed by atoms with Crippen LogP contribution < -0.4 is 5.73 Å². The van der Waals surface area contributed by atoms with Crippen molar-refractivity contribution in [1.29, 1.82) is 0 Å². The average Bonchev–Trinajstić information content (AvgIpc) is 2.41. The number of rotatable bonds is 5. The van der Waals surface area contributed by atoms with Gasteiger partial charge in [-0.2, -0.15) is 0 Å². The molecule has 4 nitrogen and oxygen atoms in total. The van der Waals surface area contributed by atoms with Crippen LogP contribution in [0.4, 0.5) is 0 Å². The topological polar surface area (TPSA) is 69.7 Å². The van der Waals surface area contributed by atoms with Crippen LogP contribution in [-0.2, 0) is 0 Å². The Morgan fingerprint density at radius 2 is 1.69 bits per heavy atom. The van der Waals surface area contributed by atoms with Gasteiger partial charge in [0, 0.05) is 13.1 Å². The molecule has 0 aromatic rings. The molecule has 1 saturated heterocycles. The van der Waals surface area contributed by atoms with E-state index in [1.165, 1.54) is 0 Å². The van der Waals surface area contributed by atoms with Crippen LogP contribution in [0.3, 0.4) is 0 Å². The number of β-amino-alcohol motifs (C(OH)–C–C–N with tert-alkyl or cyclic N) is 2. The summed E-state index contributed by atoms with van der Waals surface area (Å²) in [5, 5.41) is 18.5. The Morgan fingerprint density at radius 1 is 1.08 bits per heavy atom. The molecule has 0 aliphatic carbocycles. The largest absolute Gasteiger partial charge is 0.389 e. The van der Waals surface area contributed by atoms with Gasteiger partial charge in [0.1, 0.15) is 0 Å². The maximum absolute atomic E-state index is 9.26. The van der Waals surface area contributed by atoms with Gasteiger partial charge in [-0.1, -0.05) is 6.42 Å². The minimum Gasteiger partial charge on any atom is -0.389 e. The van der Waals surface area contributed by atoms with Crippen molar-refractivity contribution in [2.45, 2.75) is 31.5 Å². The molecule has 1 aliphatic heterocycles. The van der Waals surface area contributed by atoms with E-state index in [1.54, 1.807) is 0 Å². The molecule has 1 rings (SSSR count). The van der Waals surface area contributed by atoms with Crippen molar-refractivity contribution in [2.24, 2.45) is 5.73 Å². The molecule has 2 atom stereocenters. The predicted octanol–water partition coefficient (Wildman–Crippen LogP) is -0.847. The summed E-state index contributed by atoms with van der Waals surface area (Å²) in [5.74, 6) is 0. The first-order valence-corrected chi connectivity index (χ1v) is 5.02. The normalized spacial score (nSPS) is 29.8. The summed E-state index contributed by atoms with van der Waals surface area (Å²) in [6, 6.07) is 0. The number of likely N-dealkylation sites (tertiary alicyclic amines) is 1. The quantitative estimate of drug-likeness (QED) is 0.492. The molecule has 2 unspecified atom stereocenters. The van der Waals surface area contributed by atoms with Gasteiger partial charge in [0.05, 0.1) is 12.2 Å². The first kappa shape index (κ1) is 10.9. The van der Waals surface area contributed by atoms with Crippen molar-refractivity contribution in [3.05, 3.63) is 0 Å². The average molecular weight is 188 g/mol. The smallest absolute Gasteiger partial charge is 0.0938 e. The number of nitrogens with two attached hydrogens (primary N) is 1. The van der Waals surface area contributed by atoms with Gasteiger partial charge in [-0.15, -0.1) is 0 Å². The lowest BCUT2D eigenvalue weighted by Gasteiger charge is -2.13. The summed E-state index contributed by atoms with van der Waals surface area (Å²) in [5.41, 5.74) is 5.37. The first-order valence-electron chi connectivity index (χ1n) is 5.02. The molecular formula is C9H20N2O2. The summed E-state index contributed by atoms with van der Waals surface area (Å²) >= 11 is 0. The second-order valence-electron chi connectivity index (χ2n) is 3.74. The monoisotopic (exact) mass is 188 g/mol. The highest BCUT2D eigenvalue weighted by molar-refractivity contribution is 4.82. The van der Waals surface area contributed by atoms with E-state index in [0.717, 1.165) is 32.4 Å². The van der Waals surface area contributed by atoms with Crippen molar-refractivity contribution >= 4 is 0 Å². The highest BCUT2D eigenvalue weighted by Crippen LogP contribution is 2.10. The van der Waals surface area contributed by atoms with E-state index in [2.05, 4.69) is 4.90 Å². The summed E-state index contributed by atoms with van der Waals surface area (Å²) < 4.78 is 0. The van der Waals surface area contributed by atoms with E-state index in [9.17, 15) is 10.2 Å². The highest BCUT2D eigenvalue weighted by Gasteiger charge is 2.28. The SMILES string of the molecule is NCCCCCN1CC(O)C(O)C1. The van der Waals surface area contributed by atoms with Gasteiger partial charge < -0.3 is 15.9 Å². The zero-order chi connectivity index (χ0) is 9.68. The Morgan fingerprint density at radius 3 is 2.23 bits per heavy atom. The number of unbranched alkanes of at least 4 members (excludes halogenated alkanes) is 2. The van der Waals surface area contributed by atoms with Crippen molar-refractivity contribution in [3.8, 4) is 0 Å². The predicted molar refractivity (Wildman–Crippen MR) is 51.4 cm³/mol. The van der Waals surface area contributed by atoms with Gasteiger partial charge in [0.15, 0.2) is 0 Å². The second-order valence-corrected chi connectivity index (χ2v) is 3.74. The minimum absolute atomic E-state index is 0.547. The van der Waals surface area contributed by atoms with Gasteiger partial charge in [0.2, 0.25) is 0 Å². The van der Waals surface area contributed by atoms with Crippen molar-refractivity contribution < 1.29 is 10.2 Å². The van der Waals surface area contributed by atoms with E-state index in [-0.39, 0.29) is 0 Å². The zero-order valence-electron chi connectivity index (χ0n) is 8.02. The van der Waals surface area contributed by atoms with E-state index in [1.807, 2.05) is 0 Å². The molecule has 0 bridgehead atoms. The summed E-state index contributed by atoms with van der Waals surface area (Å²) in [7, 11) is 0. The third-order valence-corrected chi connectivity index (χ3v) is 2.51. The Labute approximate surface area is 79.3 Å². The van der Waals surface area contributed by atoms with Gasteiger partial charge >= 0.3 is 0 Å². The van der Waals surface area contributed by atoms with E-state index in [4.69, 9.17) is 5.73 Å². The Balaban J connectivity index is 2.03. The van der Waals surface area contributed by atoms with Crippen LogP contribution in [0.2, 0.25) is 0 Å². The lowest BCUT2D eigenvalue weighted by atomic mass is 10.2. The molecule has 1 heterocycles. The molecule has 1 aliphatic rings. The maximum Gasteiger partial charge on any atom is 0.0938 e. The summed E-state index contributed by atoms with van der Waals surface area (Å²) in [6.45, 7) is 2.95. The van der Waals surface area contributed by atoms with Gasteiger partial charge in [-0.3, -0.25) is 4.90 Å². The number of nitrogens with zero attached hydrogens (tertiary/aromatic N) is 1. The van der Waals surface area contributed by atoms with Crippen LogP contribution >= 0.6 is 0 Å². The zero-order valence-corrected chi connectivity index (χ0v) is 8.02. The van der Waals surface area contributed by atoms with Gasteiger partial charge in [-0.25, -0.2) is 0 Å². The molecule has 0 spiro atoms. The van der Waals surface area contributed by atoms with Gasteiger partial charge in [0.25, 0.3) is 0 Å². The molecule has 1 fully saturated rings. The minimum atomic E-state index is -0.547. The molecule has 4 N–H and O–H groups in total. The summed E-state index contributed by atoms with van der Waals surface area (Å²) in [6.07, 6.45) is 2.22. The molecule has 4 heteroatoms. The fourth-order valence-electron chi connectivity index (χ4n) is 1.69. The third-order valence-electron chi connectivity index (χ3n) is 2.51. The second kappa shape index (κ2) is 5.54. The molecule has 78 valence electrons. The van der Waals surface area contributed by atoms with Crippen LogP contribution in [-0.4, -0.2) is 53.5 Å². The Kier molecular flexibility index (Phi) is 4.66. The molecule has 0 amide bonds. The van der Waals surface area contributed by atoms with Crippen LogP contribution in [0, 0.1) is 0 Å².